The fourth-order valence-electron chi connectivity index (χ4n) is 3.08. The van der Waals surface area contributed by atoms with Crippen LogP contribution in [0.15, 0.2) is 29.2 Å². The molecule has 1 aliphatic rings. The lowest BCUT2D eigenvalue weighted by Gasteiger charge is -2.22. The number of nitrogens with two attached hydrogens (primary N) is 1. The van der Waals surface area contributed by atoms with Crippen molar-refractivity contribution in [1.82, 2.24) is 9.62 Å². The van der Waals surface area contributed by atoms with Gasteiger partial charge in [-0.05, 0) is 30.5 Å². The highest BCUT2D eigenvalue weighted by Gasteiger charge is 2.36. The molecule has 3 N–H and O–H groups in total. The Balaban J connectivity index is 2.01. The Kier molecular flexibility index (Phi) is 6.01. The molecule has 0 atom stereocenters. The van der Waals surface area contributed by atoms with Gasteiger partial charge >= 0.3 is 0 Å². The smallest absolute Gasteiger partial charge is 0.243 e. The van der Waals surface area contributed by atoms with E-state index in [1.54, 1.807) is 24.3 Å². The molecule has 1 aliphatic carbocycles. The standard InChI is InChI=1S/C17H27N3O3S/c1-3-20(4-2)24(22,23)15-9-7-14(8-10-15)13-19-16(21)17(18)11-5-6-12-17/h7-10H,3-6,11-13,18H2,1-2H3,(H,19,21). The predicted molar refractivity (Wildman–Crippen MR) is 93.8 cm³/mol. The average Bonchev–Trinajstić information content (AvgIpc) is 3.02. The zero-order valence-electron chi connectivity index (χ0n) is 14.4. The lowest BCUT2D eigenvalue weighted by atomic mass is 9.98. The van der Waals surface area contributed by atoms with Gasteiger partial charge in [-0.3, -0.25) is 4.79 Å². The highest BCUT2D eigenvalue weighted by atomic mass is 32.2. The summed E-state index contributed by atoms with van der Waals surface area (Å²) in [7, 11) is -3.45. The number of amides is 1. The summed E-state index contributed by atoms with van der Waals surface area (Å²) in [6, 6.07) is 6.63. The van der Waals surface area contributed by atoms with Crippen molar-refractivity contribution in [3.05, 3.63) is 29.8 Å². The Bertz CT molecular complexity index is 661. The number of carbonyl (C=O) groups excluding carboxylic acids is 1. The summed E-state index contributed by atoms with van der Waals surface area (Å²) in [4.78, 5) is 12.5. The molecule has 2 rings (SSSR count). The monoisotopic (exact) mass is 353 g/mol. The average molecular weight is 353 g/mol. The SMILES string of the molecule is CCN(CC)S(=O)(=O)c1ccc(CNC(=O)C2(N)CCCC2)cc1. The molecule has 1 aromatic carbocycles. The molecule has 0 saturated heterocycles. The van der Waals surface area contributed by atoms with E-state index in [1.165, 1.54) is 4.31 Å². The molecule has 134 valence electrons. The lowest BCUT2D eigenvalue weighted by Crippen LogP contribution is -2.51. The van der Waals surface area contributed by atoms with Gasteiger partial charge in [-0.1, -0.05) is 38.8 Å². The highest BCUT2D eigenvalue weighted by molar-refractivity contribution is 7.89. The van der Waals surface area contributed by atoms with Gasteiger partial charge in [0.15, 0.2) is 0 Å². The molecule has 24 heavy (non-hydrogen) atoms. The maximum atomic E-state index is 12.4. The summed E-state index contributed by atoms with van der Waals surface area (Å²) in [5.41, 5.74) is 6.22. The van der Waals surface area contributed by atoms with E-state index in [2.05, 4.69) is 5.32 Å². The van der Waals surface area contributed by atoms with Crippen LogP contribution in [0.1, 0.15) is 45.1 Å². The van der Waals surface area contributed by atoms with Crippen LogP contribution in [0.4, 0.5) is 0 Å². The van der Waals surface area contributed by atoms with Crippen molar-refractivity contribution in [3.63, 3.8) is 0 Å². The number of sulfonamides is 1. The van der Waals surface area contributed by atoms with Crippen LogP contribution in [0.25, 0.3) is 0 Å². The molecule has 6 nitrogen and oxygen atoms in total. The van der Waals surface area contributed by atoms with Crippen LogP contribution in [0, 0.1) is 0 Å². The maximum absolute atomic E-state index is 12.4. The molecular weight excluding hydrogens is 326 g/mol. The summed E-state index contributed by atoms with van der Waals surface area (Å²) < 4.78 is 26.3. The quantitative estimate of drug-likeness (QED) is 0.779. The van der Waals surface area contributed by atoms with E-state index < -0.39 is 15.6 Å². The van der Waals surface area contributed by atoms with Gasteiger partial charge in [0.1, 0.15) is 0 Å². The third-order valence-corrected chi connectivity index (χ3v) is 6.73. The number of hydrogen-bond donors (Lipinski definition) is 2. The fourth-order valence-corrected chi connectivity index (χ4v) is 4.54. The molecule has 0 aromatic heterocycles. The van der Waals surface area contributed by atoms with Crippen LogP contribution in [0.2, 0.25) is 0 Å². The third kappa shape index (κ3) is 3.96. The zero-order chi connectivity index (χ0) is 17.8. The summed E-state index contributed by atoms with van der Waals surface area (Å²) in [6.45, 7) is 4.86. The molecule has 0 spiro atoms. The molecule has 1 aromatic rings. The first-order valence-corrected chi connectivity index (χ1v) is 9.94. The minimum atomic E-state index is -3.45. The summed E-state index contributed by atoms with van der Waals surface area (Å²) >= 11 is 0. The van der Waals surface area contributed by atoms with Gasteiger partial charge in [-0.25, -0.2) is 8.42 Å². The lowest BCUT2D eigenvalue weighted by molar-refractivity contribution is -0.126. The van der Waals surface area contributed by atoms with E-state index in [1.807, 2.05) is 13.8 Å². The second-order valence-electron chi connectivity index (χ2n) is 6.28. The molecule has 1 fully saturated rings. The topological polar surface area (TPSA) is 92.5 Å². The maximum Gasteiger partial charge on any atom is 0.243 e. The van der Waals surface area contributed by atoms with Crippen LogP contribution < -0.4 is 11.1 Å². The van der Waals surface area contributed by atoms with Gasteiger partial charge in [0.25, 0.3) is 0 Å². The van der Waals surface area contributed by atoms with Gasteiger partial charge in [0, 0.05) is 19.6 Å². The van der Waals surface area contributed by atoms with Crippen molar-refractivity contribution < 1.29 is 13.2 Å². The first-order valence-electron chi connectivity index (χ1n) is 8.50. The summed E-state index contributed by atoms with van der Waals surface area (Å²) in [5.74, 6) is -0.125. The van der Waals surface area contributed by atoms with Gasteiger partial charge in [-0.15, -0.1) is 0 Å². The van der Waals surface area contributed by atoms with E-state index in [4.69, 9.17) is 5.73 Å². The van der Waals surface area contributed by atoms with Crippen molar-refractivity contribution in [1.29, 1.82) is 0 Å². The van der Waals surface area contributed by atoms with E-state index in [0.29, 0.717) is 19.6 Å². The third-order valence-electron chi connectivity index (χ3n) is 4.67. The molecule has 1 amide bonds. The number of rotatable bonds is 7. The second-order valence-corrected chi connectivity index (χ2v) is 8.22. The Labute approximate surface area is 144 Å². The van der Waals surface area contributed by atoms with Crippen molar-refractivity contribution in [2.75, 3.05) is 13.1 Å². The highest BCUT2D eigenvalue weighted by Crippen LogP contribution is 2.27. The summed E-state index contributed by atoms with van der Waals surface area (Å²) in [6.07, 6.45) is 3.42. The molecule has 1 saturated carbocycles. The van der Waals surface area contributed by atoms with Gasteiger partial charge < -0.3 is 11.1 Å². The van der Waals surface area contributed by atoms with E-state index in [9.17, 15) is 13.2 Å². The Hall–Kier alpha value is -1.44. The minimum absolute atomic E-state index is 0.125. The van der Waals surface area contributed by atoms with Crippen LogP contribution in [0.3, 0.4) is 0 Å². The molecule has 0 aliphatic heterocycles. The van der Waals surface area contributed by atoms with E-state index in [0.717, 1.165) is 31.2 Å². The van der Waals surface area contributed by atoms with E-state index >= 15 is 0 Å². The molecule has 7 heteroatoms. The number of nitrogens with zero attached hydrogens (tertiary/aromatic N) is 1. The molecule has 0 bridgehead atoms. The fraction of sp³-hybridized carbons (Fsp3) is 0.588. The molecule has 0 heterocycles. The van der Waals surface area contributed by atoms with E-state index in [-0.39, 0.29) is 10.8 Å². The van der Waals surface area contributed by atoms with Gasteiger partial charge in [0.05, 0.1) is 10.4 Å². The van der Waals surface area contributed by atoms with Crippen LogP contribution in [-0.4, -0.2) is 37.3 Å². The van der Waals surface area contributed by atoms with Gasteiger partial charge in [0.2, 0.25) is 15.9 Å². The number of carbonyl (C=O) groups is 1. The normalized spacial score (nSPS) is 17.2. The number of nitrogens with one attached hydrogen (secondary N) is 1. The molecule has 0 unspecified atom stereocenters. The van der Waals surface area contributed by atoms with Gasteiger partial charge in [-0.2, -0.15) is 4.31 Å². The second kappa shape index (κ2) is 7.63. The number of benzene rings is 1. The Morgan fingerprint density at radius 1 is 1.17 bits per heavy atom. The van der Waals surface area contributed by atoms with Crippen molar-refractivity contribution >= 4 is 15.9 Å². The zero-order valence-corrected chi connectivity index (χ0v) is 15.2. The summed E-state index contributed by atoms with van der Waals surface area (Å²) in [5, 5.41) is 2.86. The molecular formula is C17H27N3O3S. The van der Waals surface area contributed by atoms with Crippen LogP contribution in [-0.2, 0) is 21.4 Å². The minimum Gasteiger partial charge on any atom is -0.350 e. The first-order chi connectivity index (χ1) is 11.3. The van der Waals surface area contributed by atoms with Crippen LogP contribution in [0.5, 0.6) is 0 Å². The largest absolute Gasteiger partial charge is 0.350 e. The van der Waals surface area contributed by atoms with Crippen molar-refractivity contribution in [2.45, 2.75) is 56.5 Å². The van der Waals surface area contributed by atoms with Crippen LogP contribution >= 0.6 is 0 Å². The Morgan fingerprint density at radius 2 is 1.71 bits per heavy atom. The predicted octanol–water partition coefficient (Wildman–Crippen LogP) is 1.60. The Morgan fingerprint density at radius 3 is 2.21 bits per heavy atom. The van der Waals surface area contributed by atoms with Crippen molar-refractivity contribution in [3.8, 4) is 0 Å². The first kappa shape index (κ1) is 18.9. The number of hydrogen-bond acceptors (Lipinski definition) is 4. The molecule has 0 radical (unpaired) electrons. The van der Waals surface area contributed by atoms with Crippen molar-refractivity contribution in [2.24, 2.45) is 5.73 Å².